The minimum absolute atomic E-state index is 0.349. The van der Waals surface area contributed by atoms with Crippen LogP contribution in [-0.4, -0.2) is 46.3 Å². The fraction of sp³-hybridized carbons (Fsp3) is 0.478. The van der Waals surface area contributed by atoms with E-state index in [9.17, 15) is 0 Å². The van der Waals surface area contributed by atoms with Crippen molar-refractivity contribution in [2.45, 2.75) is 64.1 Å². The predicted molar refractivity (Wildman–Crippen MR) is 129 cm³/mol. The van der Waals surface area contributed by atoms with E-state index >= 15 is 0 Å². The standard InChI is InChI=1S/C23H29N7S/c1-4-6-19-20(25-3)13-21(29-23-26-14-15(2)31-23)28-22(19)27-16-11-17-7-8-18(12-16)30(17)10-5-9-24/h4,6,13-14,16-18H,3,5,7-8,10-12H2,1-2H3,(H2,26,27,28,29)/b6-4-/t16-,17-,18+. The monoisotopic (exact) mass is 435 g/mol. The van der Waals surface area contributed by atoms with Crippen LogP contribution in [0.4, 0.5) is 22.5 Å². The number of thiazole rings is 1. The molecule has 0 spiro atoms. The molecule has 162 valence electrons. The molecular weight excluding hydrogens is 406 g/mol. The largest absolute Gasteiger partial charge is 0.367 e. The van der Waals surface area contributed by atoms with E-state index in [1.807, 2.05) is 38.3 Å². The number of anilines is 3. The minimum Gasteiger partial charge on any atom is -0.367 e. The zero-order chi connectivity index (χ0) is 21.8. The molecule has 0 amide bonds. The number of hydrogen-bond donors (Lipinski definition) is 2. The summed E-state index contributed by atoms with van der Waals surface area (Å²) in [6.45, 7) is 8.69. The van der Waals surface area contributed by atoms with Crippen LogP contribution >= 0.6 is 11.3 Å². The van der Waals surface area contributed by atoms with Crippen LogP contribution in [0, 0.1) is 18.3 Å². The van der Waals surface area contributed by atoms with Gasteiger partial charge in [-0.3, -0.25) is 9.89 Å². The molecule has 2 fully saturated rings. The van der Waals surface area contributed by atoms with Crippen molar-refractivity contribution in [3.05, 3.63) is 28.8 Å². The minimum atomic E-state index is 0.349. The van der Waals surface area contributed by atoms with Gasteiger partial charge < -0.3 is 10.6 Å². The molecule has 8 heteroatoms. The van der Waals surface area contributed by atoms with E-state index in [4.69, 9.17) is 10.2 Å². The molecule has 7 nitrogen and oxygen atoms in total. The molecule has 4 heterocycles. The lowest BCUT2D eigenvalue weighted by Gasteiger charge is -2.39. The molecule has 31 heavy (non-hydrogen) atoms. The van der Waals surface area contributed by atoms with Crippen LogP contribution in [0.3, 0.4) is 0 Å². The second-order valence-corrected chi connectivity index (χ2v) is 9.43. The fourth-order valence-electron chi connectivity index (χ4n) is 4.83. The molecule has 0 saturated carbocycles. The number of aryl methyl sites for hydroxylation is 1. The number of aromatic nitrogens is 2. The molecule has 0 aliphatic carbocycles. The van der Waals surface area contributed by atoms with Gasteiger partial charge in [0.2, 0.25) is 0 Å². The average Bonchev–Trinajstić information content (AvgIpc) is 3.26. The number of nitrogens with zero attached hydrogens (tertiary/aromatic N) is 5. The maximum atomic E-state index is 8.97. The lowest BCUT2D eigenvalue weighted by Crippen LogP contribution is -2.47. The van der Waals surface area contributed by atoms with Gasteiger partial charge in [0, 0.05) is 53.8 Å². The molecule has 2 saturated heterocycles. The summed E-state index contributed by atoms with van der Waals surface area (Å²) in [6.07, 6.45) is 11.1. The first-order valence-electron chi connectivity index (χ1n) is 10.8. The number of aliphatic imine (C=N–C) groups is 1. The zero-order valence-corrected chi connectivity index (χ0v) is 19.0. The zero-order valence-electron chi connectivity index (χ0n) is 18.1. The second-order valence-electron chi connectivity index (χ2n) is 8.19. The maximum absolute atomic E-state index is 8.97. The van der Waals surface area contributed by atoms with E-state index in [2.05, 4.69) is 38.3 Å². The third-order valence-electron chi connectivity index (χ3n) is 6.10. The summed E-state index contributed by atoms with van der Waals surface area (Å²) in [5.41, 5.74) is 1.75. The van der Waals surface area contributed by atoms with Gasteiger partial charge in [-0.25, -0.2) is 9.97 Å². The number of hydrogen-bond acceptors (Lipinski definition) is 8. The highest BCUT2D eigenvalue weighted by molar-refractivity contribution is 7.15. The molecule has 3 atom stereocenters. The van der Waals surface area contributed by atoms with Gasteiger partial charge in [0.1, 0.15) is 11.6 Å². The summed E-state index contributed by atoms with van der Waals surface area (Å²) in [6, 6.07) is 5.65. The van der Waals surface area contributed by atoms with Crippen molar-refractivity contribution >= 4 is 46.6 Å². The molecule has 2 aromatic heterocycles. The predicted octanol–water partition coefficient (Wildman–Crippen LogP) is 5.28. The normalized spacial score (nSPS) is 23.1. The number of pyridine rings is 1. The third-order valence-corrected chi connectivity index (χ3v) is 6.93. The molecule has 2 N–H and O–H groups in total. The van der Waals surface area contributed by atoms with E-state index in [1.54, 1.807) is 11.3 Å². The highest BCUT2D eigenvalue weighted by Crippen LogP contribution is 2.38. The summed E-state index contributed by atoms with van der Waals surface area (Å²) < 4.78 is 0. The van der Waals surface area contributed by atoms with E-state index in [1.165, 1.54) is 12.8 Å². The number of nitrogens with one attached hydrogen (secondary N) is 2. The Morgan fingerprint density at radius 1 is 1.39 bits per heavy atom. The molecule has 0 unspecified atom stereocenters. The molecule has 2 aromatic rings. The van der Waals surface area contributed by atoms with Crippen molar-refractivity contribution in [2.24, 2.45) is 4.99 Å². The van der Waals surface area contributed by atoms with Crippen LogP contribution < -0.4 is 10.6 Å². The van der Waals surface area contributed by atoms with Crippen LogP contribution in [0.1, 0.15) is 49.5 Å². The summed E-state index contributed by atoms with van der Waals surface area (Å²) >= 11 is 1.60. The Morgan fingerprint density at radius 2 is 2.16 bits per heavy atom. The SMILES string of the molecule is C=Nc1cc(Nc2ncc(C)s2)nc(N[C@@H]2C[C@H]3CC[C@@H](C2)N3CCC#N)c1/C=C\C. The highest BCUT2D eigenvalue weighted by atomic mass is 32.1. The quantitative estimate of drug-likeness (QED) is 0.549. The van der Waals surface area contributed by atoms with Crippen molar-refractivity contribution < 1.29 is 0 Å². The van der Waals surface area contributed by atoms with E-state index in [0.717, 1.165) is 46.5 Å². The number of nitriles is 1. The molecule has 2 bridgehead atoms. The number of allylic oxidation sites excluding steroid dienone is 1. The second kappa shape index (κ2) is 9.58. The average molecular weight is 436 g/mol. The first-order chi connectivity index (χ1) is 15.1. The van der Waals surface area contributed by atoms with Crippen molar-refractivity contribution in [3.8, 4) is 6.07 Å². The number of rotatable bonds is 8. The highest BCUT2D eigenvalue weighted by Gasteiger charge is 2.40. The van der Waals surface area contributed by atoms with Crippen molar-refractivity contribution in [1.29, 1.82) is 5.26 Å². The van der Waals surface area contributed by atoms with Gasteiger partial charge in [-0.1, -0.05) is 12.2 Å². The summed E-state index contributed by atoms with van der Waals surface area (Å²) in [5, 5.41) is 16.8. The van der Waals surface area contributed by atoms with Gasteiger partial charge >= 0.3 is 0 Å². The Bertz CT molecular complexity index is 992. The molecule has 0 aromatic carbocycles. The topological polar surface area (TPSA) is 89.2 Å². The maximum Gasteiger partial charge on any atom is 0.188 e. The summed E-state index contributed by atoms with van der Waals surface area (Å²) in [5.74, 6) is 1.54. The Kier molecular flexibility index (Phi) is 6.64. The van der Waals surface area contributed by atoms with E-state index < -0.39 is 0 Å². The lowest BCUT2D eigenvalue weighted by molar-refractivity contribution is 0.135. The van der Waals surface area contributed by atoms with Crippen LogP contribution in [0.5, 0.6) is 0 Å². The van der Waals surface area contributed by atoms with E-state index in [-0.39, 0.29) is 0 Å². The van der Waals surface area contributed by atoms with Crippen LogP contribution in [-0.2, 0) is 0 Å². The smallest absolute Gasteiger partial charge is 0.188 e. The Hall–Kier alpha value is -2.76. The Labute approximate surface area is 187 Å². The fourth-order valence-corrected chi connectivity index (χ4v) is 5.50. The van der Waals surface area contributed by atoms with Crippen LogP contribution in [0.2, 0.25) is 0 Å². The van der Waals surface area contributed by atoms with Crippen LogP contribution in [0.25, 0.3) is 6.08 Å². The van der Waals surface area contributed by atoms with Crippen molar-refractivity contribution in [2.75, 3.05) is 17.2 Å². The Morgan fingerprint density at radius 3 is 2.77 bits per heavy atom. The van der Waals surface area contributed by atoms with Gasteiger partial charge in [0.05, 0.1) is 11.8 Å². The summed E-state index contributed by atoms with van der Waals surface area (Å²) in [4.78, 5) is 17.2. The van der Waals surface area contributed by atoms with Gasteiger partial charge in [-0.05, 0) is 46.2 Å². The first-order valence-corrected chi connectivity index (χ1v) is 11.7. The number of piperidine rings is 1. The van der Waals surface area contributed by atoms with Gasteiger partial charge in [-0.2, -0.15) is 5.26 Å². The van der Waals surface area contributed by atoms with Gasteiger partial charge in [-0.15, -0.1) is 11.3 Å². The van der Waals surface area contributed by atoms with Gasteiger partial charge in [0.15, 0.2) is 5.13 Å². The lowest BCUT2D eigenvalue weighted by atomic mass is 9.96. The first kappa shape index (κ1) is 21.5. The van der Waals surface area contributed by atoms with Crippen molar-refractivity contribution in [1.82, 2.24) is 14.9 Å². The van der Waals surface area contributed by atoms with Gasteiger partial charge in [0.25, 0.3) is 0 Å². The summed E-state index contributed by atoms with van der Waals surface area (Å²) in [7, 11) is 0. The molecule has 2 aliphatic heterocycles. The third kappa shape index (κ3) is 4.78. The molecule has 4 rings (SSSR count). The Balaban J connectivity index is 1.57. The van der Waals surface area contributed by atoms with Crippen LogP contribution in [0.15, 0.2) is 23.3 Å². The van der Waals surface area contributed by atoms with Crippen molar-refractivity contribution in [3.63, 3.8) is 0 Å². The number of fused-ring (bicyclic) bond motifs is 2. The molecule has 2 aliphatic rings. The van der Waals surface area contributed by atoms with E-state index in [0.29, 0.717) is 30.4 Å². The molecule has 0 radical (unpaired) electrons. The molecular formula is C23H29N7S.